The van der Waals surface area contributed by atoms with Gasteiger partial charge in [-0.1, -0.05) is 23.8 Å². The second-order valence-electron chi connectivity index (χ2n) is 4.84. The summed E-state index contributed by atoms with van der Waals surface area (Å²) in [5, 5.41) is 0. The van der Waals surface area contributed by atoms with Gasteiger partial charge in [0.05, 0.1) is 5.84 Å². The van der Waals surface area contributed by atoms with E-state index >= 15 is 0 Å². The summed E-state index contributed by atoms with van der Waals surface area (Å²) in [7, 11) is 0. The SMILES string of the molecule is NC(CC1=CC=CC1)=NCC(=O)COc1ccc(N)cc1. The summed E-state index contributed by atoms with van der Waals surface area (Å²) >= 11 is 0. The maximum absolute atomic E-state index is 11.7. The molecule has 1 aliphatic carbocycles. The maximum Gasteiger partial charge on any atom is 0.191 e. The number of Topliss-reactive ketones (excluding diaryl/α,β-unsaturated/α-hetero) is 1. The molecule has 1 aromatic rings. The standard InChI is InChI=1S/C16H19N3O2/c17-13-5-7-15(8-6-13)21-11-14(20)10-19-16(18)9-12-3-1-2-4-12/h1-3,5-8H,4,9-11,17H2,(H2,18,19). The van der Waals surface area contributed by atoms with Crippen LogP contribution in [0.3, 0.4) is 0 Å². The van der Waals surface area contributed by atoms with Crippen molar-refractivity contribution in [3.05, 3.63) is 48.1 Å². The summed E-state index contributed by atoms with van der Waals surface area (Å²) in [5.41, 5.74) is 13.2. The molecule has 0 saturated carbocycles. The smallest absolute Gasteiger partial charge is 0.191 e. The lowest BCUT2D eigenvalue weighted by molar-refractivity contribution is -0.119. The van der Waals surface area contributed by atoms with Crippen molar-refractivity contribution in [2.75, 3.05) is 18.9 Å². The van der Waals surface area contributed by atoms with Crippen LogP contribution in [-0.4, -0.2) is 24.8 Å². The van der Waals surface area contributed by atoms with E-state index in [0.29, 0.717) is 23.7 Å². The van der Waals surface area contributed by atoms with E-state index in [9.17, 15) is 4.79 Å². The zero-order valence-corrected chi connectivity index (χ0v) is 11.8. The van der Waals surface area contributed by atoms with Crippen LogP contribution in [0, 0.1) is 0 Å². The van der Waals surface area contributed by atoms with Crippen molar-refractivity contribution < 1.29 is 9.53 Å². The number of nitrogen functional groups attached to an aromatic ring is 1. The summed E-state index contributed by atoms with van der Waals surface area (Å²) in [6, 6.07) is 6.89. The summed E-state index contributed by atoms with van der Waals surface area (Å²) in [6.45, 7) is 0.0203. The second kappa shape index (κ2) is 7.28. The van der Waals surface area contributed by atoms with E-state index in [1.54, 1.807) is 24.3 Å². The zero-order valence-electron chi connectivity index (χ0n) is 11.8. The summed E-state index contributed by atoms with van der Waals surface area (Å²) in [5.74, 6) is 0.968. The Balaban J connectivity index is 1.72. The minimum atomic E-state index is -0.117. The van der Waals surface area contributed by atoms with Crippen LogP contribution in [0.15, 0.2) is 53.1 Å². The molecular weight excluding hydrogens is 266 g/mol. The molecule has 5 nitrogen and oxygen atoms in total. The van der Waals surface area contributed by atoms with Gasteiger partial charge in [-0.05, 0) is 30.7 Å². The molecule has 0 aliphatic heterocycles. The third kappa shape index (κ3) is 5.14. The Labute approximate surface area is 124 Å². The van der Waals surface area contributed by atoms with Gasteiger partial charge < -0.3 is 16.2 Å². The molecule has 0 radical (unpaired) electrons. The van der Waals surface area contributed by atoms with Crippen molar-refractivity contribution in [3.8, 4) is 5.75 Å². The summed E-state index contributed by atoms with van der Waals surface area (Å²) in [4.78, 5) is 15.8. The van der Waals surface area contributed by atoms with Crippen molar-refractivity contribution in [2.24, 2.45) is 10.7 Å². The molecular formula is C16H19N3O2. The van der Waals surface area contributed by atoms with Crippen molar-refractivity contribution in [2.45, 2.75) is 12.8 Å². The number of benzene rings is 1. The Kier molecular flexibility index (Phi) is 5.15. The zero-order chi connectivity index (χ0) is 15.1. The lowest BCUT2D eigenvalue weighted by Crippen LogP contribution is -2.19. The molecule has 0 fully saturated rings. The lowest BCUT2D eigenvalue weighted by atomic mass is 10.1. The minimum absolute atomic E-state index is 0.0229. The van der Waals surface area contributed by atoms with Crippen LogP contribution in [0.4, 0.5) is 5.69 Å². The Morgan fingerprint density at radius 2 is 2.05 bits per heavy atom. The van der Waals surface area contributed by atoms with Gasteiger partial charge >= 0.3 is 0 Å². The van der Waals surface area contributed by atoms with E-state index in [2.05, 4.69) is 11.1 Å². The van der Waals surface area contributed by atoms with Gasteiger partial charge in [0.25, 0.3) is 0 Å². The fourth-order valence-electron chi connectivity index (χ4n) is 1.87. The normalized spacial score (nSPS) is 14.1. The van der Waals surface area contributed by atoms with Crippen LogP contribution in [0.5, 0.6) is 5.75 Å². The number of nitrogens with two attached hydrogens (primary N) is 2. The van der Waals surface area contributed by atoms with Gasteiger partial charge in [-0.3, -0.25) is 9.79 Å². The number of carbonyl (C=O) groups is 1. The Hall–Kier alpha value is -2.56. The average Bonchev–Trinajstić information content (AvgIpc) is 2.97. The first-order valence-corrected chi connectivity index (χ1v) is 6.77. The molecule has 0 aromatic heterocycles. The fourth-order valence-corrected chi connectivity index (χ4v) is 1.87. The topological polar surface area (TPSA) is 90.7 Å². The van der Waals surface area contributed by atoms with Crippen LogP contribution in [-0.2, 0) is 4.79 Å². The number of anilines is 1. The van der Waals surface area contributed by atoms with E-state index in [-0.39, 0.29) is 18.9 Å². The van der Waals surface area contributed by atoms with E-state index in [4.69, 9.17) is 16.2 Å². The molecule has 110 valence electrons. The lowest BCUT2D eigenvalue weighted by Gasteiger charge is -2.05. The van der Waals surface area contributed by atoms with Gasteiger partial charge in [-0.25, -0.2) is 0 Å². The van der Waals surface area contributed by atoms with E-state index in [0.717, 1.165) is 6.42 Å². The third-order valence-corrected chi connectivity index (χ3v) is 2.99. The van der Waals surface area contributed by atoms with Crippen molar-refractivity contribution >= 4 is 17.3 Å². The van der Waals surface area contributed by atoms with Gasteiger partial charge in [0.2, 0.25) is 0 Å². The van der Waals surface area contributed by atoms with Crippen LogP contribution in [0.1, 0.15) is 12.8 Å². The van der Waals surface area contributed by atoms with Crippen LogP contribution < -0.4 is 16.2 Å². The number of nitrogens with zero attached hydrogens (tertiary/aromatic N) is 1. The van der Waals surface area contributed by atoms with Crippen molar-refractivity contribution in [1.82, 2.24) is 0 Å². The highest BCUT2D eigenvalue weighted by Gasteiger charge is 2.05. The molecule has 0 spiro atoms. The Bertz CT molecular complexity index is 586. The number of carbonyl (C=O) groups excluding carboxylic acids is 1. The first kappa shape index (κ1) is 14.8. The summed E-state index contributed by atoms with van der Waals surface area (Å²) < 4.78 is 5.35. The van der Waals surface area contributed by atoms with Crippen molar-refractivity contribution in [1.29, 1.82) is 0 Å². The molecule has 0 bridgehead atoms. The fraction of sp³-hybridized carbons (Fsp3) is 0.250. The molecule has 4 N–H and O–H groups in total. The highest BCUT2D eigenvalue weighted by Crippen LogP contribution is 2.14. The minimum Gasteiger partial charge on any atom is -0.486 e. The molecule has 5 heteroatoms. The van der Waals surface area contributed by atoms with Crippen LogP contribution in [0.2, 0.25) is 0 Å². The number of hydrogen-bond acceptors (Lipinski definition) is 4. The molecule has 0 unspecified atom stereocenters. The van der Waals surface area contributed by atoms with Gasteiger partial charge in [0.1, 0.15) is 18.9 Å². The predicted molar refractivity (Wildman–Crippen MR) is 84.3 cm³/mol. The number of hydrogen-bond donors (Lipinski definition) is 2. The van der Waals surface area contributed by atoms with E-state index < -0.39 is 0 Å². The van der Waals surface area contributed by atoms with E-state index in [1.165, 1.54) is 5.57 Å². The highest BCUT2D eigenvalue weighted by atomic mass is 16.5. The molecule has 0 heterocycles. The number of rotatable bonds is 7. The Morgan fingerprint density at radius 3 is 2.71 bits per heavy atom. The average molecular weight is 285 g/mol. The molecule has 0 amide bonds. The van der Waals surface area contributed by atoms with Crippen LogP contribution >= 0.6 is 0 Å². The largest absolute Gasteiger partial charge is 0.486 e. The Morgan fingerprint density at radius 1 is 1.29 bits per heavy atom. The molecule has 1 aromatic carbocycles. The first-order chi connectivity index (χ1) is 10.1. The highest BCUT2D eigenvalue weighted by molar-refractivity contribution is 5.88. The molecule has 0 saturated heterocycles. The number of allylic oxidation sites excluding steroid dienone is 3. The van der Waals surface area contributed by atoms with Crippen molar-refractivity contribution in [3.63, 3.8) is 0 Å². The first-order valence-electron chi connectivity index (χ1n) is 6.77. The van der Waals surface area contributed by atoms with Gasteiger partial charge in [0, 0.05) is 12.1 Å². The van der Waals surface area contributed by atoms with E-state index in [1.807, 2.05) is 12.2 Å². The number of amidine groups is 1. The van der Waals surface area contributed by atoms with Gasteiger partial charge in [0.15, 0.2) is 5.78 Å². The maximum atomic E-state index is 11.7. The van der Waals surface area contributed by atoms with Crippen LogP contribution in [0.25, 0.3) is 0 Å². The number of aliphatic imine (C=N–C) groups is 1. The third-order valence-electron chi connectivity index (χ3n) is 2.99. The quantitative estimate of drug-likeness (QED) is 0.454. The molecule has 2 rings (SSSR count). The molecule has 21 heavy (non-hydrogen) atoms. The van der Waals surface area contributed by atoms with Gasteiger partial charge in [-0.2, -0.15) is 0 Å². The number of ether oxygens (including phenoxy) is 1. The predicted octanol–water partition coefficient (Wildman–Crippen LogP) is 1.85. The monoisotopic (exact) mass is 285 g/mol. The van der Waals surface area contributed by atoms with Gasteiger partial charge in [-0.15, -0.1) is 0 Å². The second-order valence-corrected chi connectivity index (χ2v) is 4.84. The number of ketones is 1. The molecule has 1 aliphatic rings. The molecule has 0 atom stereocenters. The summed E-state index contributed by atoms with van der Waals surface area (Å²) in [6.07, 6.45) is 7.60.